The van der Waals surface area contributed by atoms with Gasteiger partial charge in [0.2, 0.25) is 0 Å². The monoisotopic (exact) mass is 452 g/mol. The molecule has 1 aliphatic rings. The van der Waals surface area contributed by atoms with Crippen LogP contribution in [0.1, 0.15) is 83.2 Å². The number of aryl methyl sites for hydroxylation is 1. The van der Waals surface area contributed by atoms with Crippen LogP contribution < -0.4 is 0 Å². The van der Waals surface area contributed by atoms with Crippen molar-refractivity contribution in [2.24, 2.45) is 0 Å². The van der Waals surface area contributed by atoms with E-state index in [1.54, 1.807) is 0 Å². The molecule has 4 aromatic rings. The Morgan fingerprint density at radius 2 is 0.735 bits per heavy atom. The Morgan fingerprint density at radius 1 is 0.382 bits per heavy atom. The summed E-state index contributed by atoms with van der Waals surface area (Å²) in [7, 11) is 0. The Bertz CT molecular complexity index is 1030. The van der Waals surface area contributed by atoms with Crippen LogP contribution in [0.15, 0.2) is 103 Å². The lowest BCUT2D eigenvalue weighted by Crippen LogP contribution is -2.28. The third kappa shape index (κ3) is 5.33. The van der Waals surface area contributed by atoms with Crippen LogP contribution in [0.2, 0.25) is 0 Å². The number of rotatable bonds is 2. The lowest BCUT2D eigenvalue weighted by atomic mass is 9.67. The molecular weight excluding hydrogens is 408 g/mol. The van der Waals surface area contributed by atoms with Gasteiger partial charge in [-0.1, -0.05) is 164 Å². The standard InChI is InChI=1S/C26H20.4C2H6/c1-19-15-17-21(18-16-19)26(20-9-3-2-4-10-20)24-13-7-5-11-22(24)23-12-6-8-14-25(23)26;4*1-2/h2-18H,1H3;4*1-2H3. The van der Waals surface area contributed by atoms with Gasteiger partial charge >= 0.3 is 0 Å². The first-order valence-electron chi connectivity index (χ1n) is 13.1. The zero-order valence-electron chi connectivity index (χ0n) is 22.8. The summed E-state index contributed by atoms with van der Waals surface area (Å²) in [4.78, 5) is 0. The minimum absolute atomic E-state index is 0.262. The van der Waals surface area contributed by atoms with Gasteiger partial charge < -0.3 is 0 Å². The molecule has 0 nitrogen and oxygen atoms in total. The molecule has 0 aromatic heterocycles. The largest absolute Gasteiger partial charge is 0.0713 e. The molecule has 4 aromatic carbocycles. The minimum atomic E-state index is -0.262. The van der Waals surface area contributed by atoms with E-state index < -0.39 is 0 Å². The van der Waals surface area contributed by atoms with E-state index in [1.165, 1.54) is 38.9 Å². The molecule has 0 spiro atoms. The predicted octanol–water partition coefficient (Wildman–Crippen LogP) is 10.5. The van der Waals surface area contributed by atoms with Gasteiger partial charge in [-0.3, -0.25) is 0 Å². The molecule has 0 aliphatic heterocycles. The molecule has 0 atom stereocenters. The lowest BCUT2D eigenvalue weighted by molar-refractivity contribution is 0.768. The topological polar surface area (TPSA) is 0 Å². The van der Waals surface area contributed by atoms with E-state index in [-0.39, 0.29) is 5.41 Å². The Morgan fingerprint density at radius 3 is 1.18 bits per heavy atom. The van der Waals surface area contributed by atoms with Crippen LogP contribution in [-0.4, -0.2) is 0 Å². The van der Waals surface area contributed by atoms with Gasteiger partial charge in [-0.05, 0) is 40.3 Å². The third-order valence-electron chi connectivity index (χ3n) is 5.64. The van der Waals surface area contributed by atoms with Gasteiger partial charge in [0.05, 0.1) is 5.41 Å². The lowest BCUT2D eigenvalue weighted by Gasteiger charge is -2.33. The summed E-state index contributed by atoms with van der Waals surface area (Å²) in [5.74, 6) is 0. The van der Waals surface area contributed by atoms with Gasteiger partial charge in [-0.2, -0.15) is 0 Å². The van der Waals surface area contributed by atoms with Gasteiger partial charge in [0.25, 0.3) is 0 Å². The van der Waals surface area contributed by atoms with Crippen LogP contribution in [0.4, 0.5) is 0 Å². The summed E-state index contributed by atoms with van der Waals surface area (Å²) in [5.41, 5.74) is 9.10. The first-order chi connectivity index (χ1) is 16.8. The maximum Gasteiger partial charge on any atom is 0.0713 e. The zero-order valence-corrected chi connectivity index (χ0v) is 22.8. The van der Waals surface area contributed by atoms with E-state index in [0.29, 0.717) is 0 Å². The average Bonchev–Trinajstić information content (AvgIpc) is 3.25. The minimum Gasteiger partial charge on any atom is -0.0683 e. The summed E-state index contributed by atoms with van der Waals surface area (Å²) in [6, 6.07) is 37.7. The second-order valence-electron chi connectivity index (χ2n) is 7.07. The van der Waals surface area contributed by atoms with Crippen molar-refractivity contribution in [2.45, 2.75) is 67.7 Å². The highest BCUT2D eigenvalue weighted by atomic mass is 14.5. The van der Waals surface area contributed by atoms with E-state index in [9.17, 15) is 0 Å². The van der Waals surface area contributed by atoms with Gasteiger partial charge in [0.1, 0.15) is 0 Å². The SMILES string of the molecule is CC.CC.CC.CC.Cc1ccc(C2(c3ccccc3)c3ccccc3-c3ccccc32)cc1. The van der Waals surface area contributed by atoms with Gasteiger partial charge in [0.15, 0.2) is 0 Å². The van der Waals surface area contributed by atoms with E-state index >= 15 is 0 Å². The van der Waals surface area contributed by atoms with Crippen molar-refractivity contribution in [3.05, 3.63) is 131 Å². The summed E-state index contributed by atoms with van der Waals surface area (Å²) in [6.07, 6.45) is 0. The molecule has 0 heterocycles. The fourth-order valence-electron chi connectivity index (χ4n) is 4.52. The Balaban J connectivity index is 0.000000659. The molecule has 0 saturated carbocycles. The predicted molar refractivity (Wildman–Crippen MR) is 154 cm³/mol. The first kappa shape index (κ1) is 28.9. The summed E-state index contributed by atoms with van der Waals surface area (Å²) in [6.45, 7) is 18.1. The van der Waals surface area contributed by atoms with Crippen molar-refractivity contribution >= 4 is 0 Å². The highest BCUT2D eigenvalue weighted by molar-refractivity contribution is 5.86. The number of hydrogen-bond donors (Lipinski definition) is 0. The fraction of sp³-hybridized carbons (Fsp3) is 0.294. The highest BCUT2D eigenvalue weighted by Crippen LogP contribution is 2.55. The molecule has 1 aliphatic carbocycles. The van der Waals surface area contributed by atoms with Crippen molar-refractivity contribution in [2.75, 3.05) is 0 Å². The molecule has 0 amide bonds. The smallest absolute Gasteiger partial charge is 0.0683 e. The maximum absolute atomic E-state index is 2.29. The maximum atomic E-state index is 2.29. The van der Waals surface area contributed by atoms with Crippen LogP contribution in [0, 0.1) is 6.92 Å². The number of fused-ring (bicyclic) bond motifs is 3. The van der Waals surface area contributed by atoms with Crippen molar-refractivity contribution in [1.29, 1.82) is 0 Å². The zero-order chi connectivity index (χ0) is 25.6. The van der Waals surface area contributed by atoms with Gasteiger partial charge in [-0.15, -0.1) is 0 Å². The molecule has 0 unspecified atom stereocenters. The third-order valence-corrected chi connectivity index (χ3v) is 5.64. The number of benzene rings is 4. The van der Waals surface area contributed by atoms with Crippen molar-refractivity contribution in [3.8, 4) is 11.1 Å². The van der Waals surface area contributed by atoms with E-state index in [1.807, 2.05) is 55.4 Å². The first-order valence-corrected chi connectivity index (χ1v) is 13.1. The molecule has 0 saturated heterocycles. The van der Waals surface area contributed by atoms with Gasteiger partial charge in [-0.25, -0.2) is 0 Å². The Kier molecular flexibility index (Phi) is 12.7. The average molecular weight is 453 g/mol. The van der Waals surface area contributed by atoms with Crippen LogP contribution in [-0.2, 0) is 5.41 Å². The molecule has 5 rings (SSSR count). The Labute approximate surface area is 209 Å². The van der Waals surface area contributed by atoms with Crippen molar-refractivity contribution < 1.29 is 0 Å². The summed E-state index contributed by atoms with van der Waals surface area (Å²) >= 11 is 0. The molecule has 0 radical (unpaired) electrons. The highest BCUT2D eigenvalue weighted by Gasteiger charge is 2.45. The quantitative estimate of drug-likeness (QED) is 0.250. The van der Waals surface area contributed by atoms with Crippen molar-refractivity contribution in [1.82, 2.24) is 0 Å². The van der Waals surface area contributed by atoms with Crippen LogP contribution in [0.3, 0.4) is 0 Å². The van der Waals surface area contributed by atoms with E-state index in [0.717, 1.165) is 0 Å². The van der Waals surface area contributed by atoms with Crippen molar-refractivity contribution in [3.63, 3.8) is 0 Å². The number of hydrogen-bond acceptors (Lipinski definition) is 0. The second kappa shape index (κ2) is 14.9. The van der Waals surface area contributed by atoms with Crippen LogP contribution in [0.25, 0.3) is 11.1 Å². The molecule has 0 fully saturated rings. The summed E-state index contributed by atoms with van der Waals surface area (Å²) in [5, 5.41) is 0. The fourth-order valence-corrected chi connectivity index (χ4v) is 4.52. The molecule has 180 valence electrons. The molecular formula is C34H44. The van der Waals surface area contributed by atoms with Gasteiger partial charge in [0, 0.05) is 0 Å². The molecule has 0 heteroatoms. The van der Waals surface area contributed by atoms with Crippen LogP contribution >= 0.6 is 0 Å². The second-order valence-corrected chi connectivity index (χ2v) is 7.07. The summed E-state index contributed by atoms with van der Waals surface area (Å²) < 4.78 is 0. The van der Waals surface area contributed by atoms with Crippen LogP contribution in [0.5, 0.6) is 0 Å². The molecule has 0 bridgehead atoms. The van der Waals surface area contributed by atoms with E-state index in [4.69, 9.17) is 0 Å². The van der Waals surface area contributed by atoms with E-state index in [2.05, 4.69) is 110 Å². The normalized spacial score (nSPS) is 11.3. The molecule has 34 heavy (non-hydrogen) atoms. The molecule has 0 N–H and O–H groups in total. The Hall–Kier alpha value is -3.12.